The van der Waals surface area contributed by atoms with Gasteiger partial charge < -0.3 is 24.9 Å². The van der Waals surface area contributed by atoms with Gasteiger partial charge in [0.2, 0.25) is 23.7 Å². The lowest BCUT2D eigenvalue weighted by Gasteiger charge is -2.40. The number of imide groups is 1. The van der Waals surface area contributed by atoms with Gasteiger partial charge in [0.05, 0.1) is 23.4 Å². The van der Waals surface area contributed by atoms with Gasteiger partial charge in [-0.3, -0.25) is 33.9 Å². The molecule has 9 rings (SSSR count). The van der Waals surface area contributed by atoms with Gasteiger partial charge in [-0.15, -0.1) is 0 Å². The molecule has 62 heavy (non-hydrogen) atoms. The number of Topliss-reactive ketones (excluding diaryl/α,β-unsaturated/α-hetero) is 1. The van der Waals surface area contributed by atoms with Gasteiger partial charge in [-0.05, 0) is 107 Å². The topological polar surface area (TPSA) is 179 Å². The van der Waals surface area contributed by atoms with Gasteiger partial charge in [0, 0.05) is 82.0 Å². The zero-order valence-electron chi connectivity index (χ0n) is 35.9. The molecule has 16 heteroatoms. The third-order valence-corrected chi connectivity index (χ3v) is 14.0. The third kappa shape index (κ3) is 8.66. The Bertz CT molecular complexity index is 2370. The molecule has 4 aliphatic heterocycles. The van der Waals surface area contributed by atoms with Crippen LogP contribution in [-0.2, 0) is 14.4 Å². The average molecular weight is 844 g/mol. The third-order valence-electron chi connectivity index (χ3n) is 14.0. The molecule has 3 amide bonds. The normalized spacial score (nSPS) is 21.1. The predicted octanol–water partition coefficient (Wildman–Crippen LogP) is 4.75. The molecule has 1 aliphatic carbocycles. The maximum Gasteiger partial charge on any atom is 0.263 e. The van der Waals surface area contributed by atoms with Crippen LogP contribution in [0, 0.1) is 18.8 Å². The van der Waals surface area contributed by atoms with Crippen LogP contribution in [0.2, 0.25) is 0 Å². The summed E-state index contributed by atoms with van der Waals surface area (Å²) in [6.07, 6.45) is 14.0. The number of carbonyl (C=O) groups excluding carboxylic acids is 4. The Kier molecular flexibility index (Phi) is 12.0. The van der Waals surface area contributed by atoms with Crippen LogP contribution in [0.5, 0.6) is 0 Å². The second-order valence-electron chi connectivity index (χ2n) is 17.9. The summed E-state index contributed by atoms with van der Waals surface area (Å²) in [5.74, 6) is 1.84. The Morgan fingerprint density at radius 1 is 0.790 bits per heavy atom. The van der Waals surface area contributed by atoms with Gasteiger partial charge >= 0.3 is 0 Å². The van der Waals surface area contributed by atoms with Crippen LogP contribution in [0.25, 0.3) is 11.0 Å². The zero-order chi connectivity index (χ0) is 42.9. The summed E-state index contributed by atoms with van der Waals surface area (Å²) >= 11 is 0. The molecule has 0 radical (unpaired) electrons. The van der Waals surface area contributed by atoms with E-state index in [1.54, 1.807) is 23.9 Å². The van der Waals surface area contributed by atoms with Gasteiger partial charge in [0.25, 0.3) is 5.56 Å². The number of rotatable bonds is 10. The van der Waals surface area contributed by atoms with Crippen molar-refractivity contribution >= 4 is 57.8 Å². The number of aromatic nitrogens is 5. The monoisotopic (exact) mass is 843 g/mol. The van der Waals surface area contributed by atoms with Gasteiger partial charge in [-0.25, -0.2) is 15.0 Å². The minimum atomic E-state index is -0.315. The predicted molar refractivity (Wildman–Crippen MR) is 236 cm³/mol. The molecule has 1 unspecified atom stereocenters. The Balaban J connectivity index is 0.720. The highest BCUT2D eigenvalue weighted by Crippen LogP contribution is 2.33. The highest BCUT2D eigenvalue weighted by atomic mass is 16.2. The van der Waals surface area contributed by atoms with Crippen molar-refractivity contribution in [2.75, 3.05) is 74.0 Å². The maximum absolute atomic E-state index is 13.7. The summed E-state index contributed by atoms with van der Waals surface area (Å²) < 4.78 is 1.71. The first-order valence-corrected chi connectivity index (χ1v) is 22.6. The van der Waals surface area contributed by atoms with E-state index < -0.39 is 0 Å². The fourth-order valence-corrected chi connectivity index (χ4v) is 10.4. The summed E-state index contributed by atoms with van der Waals surface area (Å²) in [6, 6.07) is 7.90. The molecule has 326 valence electrons. The van der Waals surface area contributed by atoms with Crippen molar-refractivity contribution in [1.82, 2.24) is 39.6 Å². The number of nitrogens with zero attached hydrogens (tertiary/aromatic N) is 9. The summed E-state index contributed by atoms with van der Waals surface area (Å²) in [6.45, 7) is 11.0. The fraction of sp³-hybridized carbons (Fsp3) is 0.543. The highest BCUT2D eigenvalue weighted by Gasteiger charge is 2.33. The van der Waals surface area contributed by atoms with E-state index in [4.69, 9.17) is 4.98 Å². The SMILES string of the molecule is CC(=O)c1c(C)c2cnc(Nc3ccc(N4CCN(C(=O)C5CCN(CC6CCN(c7ccc(C8CCC(=O)NC8=O)cn7)CC6)CC5)CC4)cn3)nc2n(C2CCCC2)c1=O. The van der Waals surface area contributed by atoms with Crippen molar-refractivity contribution in [2.45, 2.75) is 90.0 Å². The standard InChI is InChI=1S/C46H57N11O5/c1-29-37-27-49-46(52-42(37)57(34-5-3-4-6-34)45(62)41(29)30(2)58)50-38-10-8-35(26-47-38)54-21-23-56(24-22-54)44(61)32-15-17-53(18-16-32)28-31-13-19-55(20-14-31)39-11-7-33(25-48-39)36-9-12-40(59)51-43(36)60/h7-8,10-11,25-27,31-32,34,36H,3-6,9,12-24,28H2,1-2H3,(H,51,59,60)(H,47,49,50,52). The van der Waals surface area contributed by atoms with Gasteiger partial charge in [0.15, 0.2) is 5.78 Å². The molecule has 5 aliphatic rings. The van der Waals surface area contributed by atoms with Crippen LogP contribution in [0.3, 0.4) is 0 Å². The number of likely N-dealkylation sites (tertiary alicyclic amines) is 1. The quantitative estimate of drug-likeness (QED) is 0.165. The molecular formula is C46H57N11O5. The lowest BCUT2D eigenvalue weighted by atomic mass is 9.91. The number of amides is 3. The van der Waals surface area contributed by atoms with Crippen molar-refractivity contribution in [3.8, 4) is 0 Å². The molecule has 8 heterocycles. The smallest absolute Gasteiger partial charge is 0.263 e. The van der Waals surface area contributed by atoms with E-state index in [1.807, 2.05) is 35.4 Å². The molecular weight excluding hydrogens is 787 g/mol. The molecule has 5 fully saturated rings. The number of fused-ring (bicyclic) bond motifs is 1. The molecule has 4 aromatic heterocycles. The molecule has 4 aromatic rings. The van der Waals surface area contributed by atoms with Crippen LogP contribution < -0.4 is 26.0 Å². The number of nitrogens with one attached hydrogen (secondary N) is 2. The Hall–Kier alpha value is -5.77. The van der Waals surface area contributed by atoms with E-state index in [0.29, 0.717) is 60.2 Å². The molecule has 1 atom stereocenters. The first kappa shape index (κ1) is 41.6. The second kappa shape index (κ2) is 17.9. The van der Waals surface area contributed by atoms with E-state index in [-0.39, 0.29) is 52.5 Å². The molecule has 4 saturated heterocycles. The average Bonchev–Trinajstić information content (AvgIpc) is 3.82. The van der Waals surface area contributed by atoms with E-state index in [2.05, 4.69) is 40.3 Å². The molecule has 0 aromatic carbocycles. The van der Waals surface area contributed by atoms with E-state index in [9.17, 15) is 24.0 Å². The van der Waals surface area contributed by atoms with Crippen molar-refractivity contribution < 1.29 is 19.2 Å². The summed E-state index contributed by atoms with van der Waals surface area (Å²) in [7, 11) is 0. The molecule has 0 bridgehead atoms. The van der Waals surface area contributed by atoms with Crippen LogP contribution in [-0.4, -0.2) is 117 Å². The van der Waals surface area contributed by atoms with Crippen LogP contribution in [0.4, 0.5) is 23.3 Å². The number of piperidine rings is 3. The lowest BCUT2D eigenvalue weighted by molar-refractivity contribution is -0.137. The van der Waals surface area contributed by atoms with Crippen LogP contribution >= 0.6 is 0 Å². The molecule has 0 spiro atoms. The van der Waals surface area contributed by atoms with Crippen molar-refractivity contribution in [2.24, 2.45) is 11.8 Å². The lowest BCUT2D eigenvalue weighted by Crippen LogP contribution is -2.52. The maximum atomic E-state index is 13.7. The largest absolute Gasteiger partial charge is 0.367 e. The minimum Gasteiger partial charge on any atom is -0.367 e. The number of aryl methyl sites for hydroxylation is 1. The summed E-state index contributed by atoms with van der Waals surface area (Å²) in [5, 5.41) is 6.35. The van der Waals surface area contributed by atoms with E-state index >= 15 is 0 Å². The number of anilines is 4. The number of ketones is 1. The van der Waals surface area contributed by atoms with Crippen molar-refractivity contribution in [1.29, 1.82) is 0 Å². The summed E-state index contributed by atoms with van der Waals surface area (Å²) in [4.78, 5) is 91.4. The minimum absolute atomic E-state index is 0.00601. The van der Waals surface area contributed by atoms with Gasteiger partial charge in [-0.1, -0.05) is 18.9 Å². The molecule has 16 nitrogen and oxygen atoms in total. The Labute approximate surface area is 361 Å². The Morgan fingerprint density at radius 2 is 1.55 bits per heavy atom. The first-order valence-electron chi connectivity index (χ1n) is 22.6. The van der Waals surface area contributed by atoms with E-state index in [0.717, 1.165) is 114 Å². The molecule has 2 N–H and O–H groups in total. The fourth-order valence-electron chi connectivity index (χ4n) is 10.4. The highest BCUT2D eigenvalue weighted by molar-refractivity contribution is 6.01. The number of carbonyl (C=O) groups is 4. The van der Waals surface area contributed by atoms with Crippen LogP contribution in [0.15, 0.2) is 47.7 Å². The number of hydrogen-bond donors (Lipinski definition) is 2. The first-order chi connectivity index (χ1) is 30.1. The summed E-state index contributed by atoms with van der Waals surface area (Å²) in [5.41, 5.74) is 2.94. The van der Waals surface area contributed by atoms with Crippen molar-refractivity contribution in [3.05, 3.63) is 69.9 Å². The van der Waals surface area contributed by atoms with Crippen LogP contribution in [0.1, 0.15) is 105 Å². The second-order valence-corrected chi connectivity index (χ2v) is 17.9. The zero-order valence-corrected chi connectivity index (χ0v) is 35.9. The van der Waals surface area contributed by atoms with Gasteiger partial charge in [0.1, 0.15) is 17.3 Å². The number of piperazine rings is 1. The van der Waals surface area contributed by atoms with Gasteiger partial charge in [-0.2, -0.15) is 4.98 Å². The van der Waals surface area contributed by atoms with E-state index in [1.165, 1.54) is 6.92 Å². The molecule has 1 saturated carbocycles. The van der Waals surface area contributed by atoms with Crippen molar-refractivity contribution in [3.63, 3.8) is 0 Å². The number of hydrogen-bond acceptors (Lipinski definition) is 13. The number of pyridine rings is 3. The Morgan fingerprint density at radius 3 is 2.21 bits per heavy atom.